The van der Waals surface area contributed by atoms with Crippen LogP contribution in [0.5, 0.6) is 0 Å². The smallest absolute Gasteiger partial charge is 0.0605 e. The molecule has 0 radical (unpaired) electrons. The van der Waals surface area contributed by atoms with Crippen LogP contribution in [0.2, 0.25) is 0 Å². The van der Waals surface area contributed by atoms with Gasteiger partial charge in [0.05, 0.1) is 18.3 Å². The fourth-order valence-electron chi connectivity index (χ4n) is 9.76. The van der Waals surface area contributed by atoms with Crippen molar-refractivity contribution in [1.29, 1.82) is 0 Å². The Bertz CT molecular complexity index is 639. The van der Waals surface area contributed by atoms with Gasteiger partial charge in [0.1, 0.15) is 0 Å². The third-order valence-electron chi connectivity index (χ3n) is 11.3. The Morgan fingerprint density at radius 3 is 2.29 bits per heavy atom. The Hall–Kier alpha value is -0.160. The predicted octanol–water partition coefficient (Wildman–Crippen LogP) is 4.24. The molecular weight excluding hydrogens is 388 g/mol. The minimum absolute atomic E-state index is 0.112. The van der Waals surface area contributed by atoms with Crippen molar-refractivity contribution in [3.63, 3.8) is 0 Å². The van der Waals surface area contributed by atoms with Crippen molar-refractivity contribution in [2.24, 2.45) is 58.2 Å². The van der Waals surface area contributed by atoms with Crippen LogP contribution in [0, 0.1) is 58.2 Å². The summed E-state index contributed by atoms with van der Waals surface area (Å²) >= 11 is 0. The summed E-state index contributed by atoms with van der Waals surface area (Å²) in [5.41, 5.74) is -0.0341. The summed E-state index contributed by atoms with van der Waals surface area (Å²) in [6.45, 7) is 11.6. The molecule has 0 spiro atoms. The average Bonchev–Trinajstić information content (AvgIpc) is 3.09. The van der Waals surface area contributed by atoms with E-state index in [0.29, 0.717) is 35.5 Å². The van der Waals surface area contributed by atoms with E-state index in [1.54, 1.807) is 0 Å². The maximum Gasteiger partial charge on any atom is 0.0605 e. The van der Waals surface area contributed by atoms with Crippen molar-refractivity contribution in [1.82, 2.24) is 0 Å². The normalized spacial score (nSPS) is 53.9. The van der Waals surface area contributed by atoms with Crippen LogP contribution in [0.3, 0.4) is 0 Å². The first-order chi connectivity index (χ1) is 14.6. The molecule has 4 nitrogen and oxygen atoms in total. The molecule has 4 aliphatic carbocycles. The van der Waals surface area contributed by atoms with Crippen LogP contribution in [0.4, 0.5) is 0 Å². The highest BCUT2D eigenvalue weighted by atomic mass is 16.3. The molecule has 13 atom stereocenters. The van der Waals surface area contributed by atoms with Gasteiger partial charge in [-0.2, -0.15) is 0 Å². The van der Waals surface area contributed by atoms with Gasteiger partial charge in [-0.15, -0.1) is 0 Å². The van der Waals surface area contributed by atoms with Gasteiger partial charge in [0.15, 0.2) is 0 Å². The van der Waals surface area contributed by atoms with Crippen molar-refractivity contribution in [3.8, 4) is 0 Å². The van der Waals surface area contributed by atoms with Crippen molar-refractivity contribution >= 4 is 0 Å². The van der Waals surface area contributed by atoms with Crippen LogP contribution in [0.25, 0.3) is 0 Å². The van der Waals surface area contributed by atoms with E-state index in [1.807, 2.05) is 0 Å². The van der Waals surface area contributed by atoms with Crippen LogP contribution in [-0.4, -0.2) is 45.3 Å². The molecule has 0 aromatic carbocycles. The summed E-state index contributed by atoms with van der Waals surface area (Å²) in [7, 11) is 0. The summed E-state index contributed by atoms with van der Waals surface area (Å²) in [6, 6.07) is 0. The first-order valence-corrected chi connectivity index (χ1v) is 13.2. The predicted molar refractivity (Wildman–Crippen MR) is 123 cm³/mol. The van der Waals surface area contributed by atoms with Gasteiger partial charge in [0.25, 0.3) is 0 Å². The van der Waals surface area contributed by atoms with Gasteiger partial charge in [0.2, 0.25) is 0 Å². The van der Waals surface area contributed by atoms with Crippen LogP contribution in [0.1, 0.15) is 86.0 Å². The van der Waals surface area contributed by atoms with Crippen LogP contribution < -0.4 is 0 Å². The molecule has 0 saturated heterocycles. The number of fused-ring (bicyclic) bond motifs is 5. The highest BCUT2D eigenvalue weighted by Crippen LogP contribution is 2.69. The summed E-state index contributed by atoms with van der Waals surface area (Å²) in [6.07, 6.45) is 6.82. The average molecular weight is 437 g/mol. The fraction of sp³-hybridized carbons (Fsp3) is 1.00. The molecule has 4 heteroatoms. The van der Waals surface area contributed by atoms with Crippen molar-refractivity contribution in [2.45, 2.75) is 104 Å². The number of aliphatic hydroxyl groups excluding tert-OH is 4. The molecule has 31 heavy (non-hydrogen) atoms. The van der Waals surface area contributed by atoms with Crippen LogP contribution in [-0.2, 0) is 0 Å². The molecule has 0 aliphatic heterocycles. The second kappa shape index (κ2) is 8.56. The van der Waals surface area contributed by atoms with E-state index in [-0.39, 0.29) is 47.6 Å². The third kappa shape index (κ3) is 3.54. The van der Waals surface area contributed by atoms with Crippen molar-refractivity contribution in [3.05, 3.63) is 0 Å². The highest BCUT2D eigenvalue weighted by molar-refractivity contribution is 5.15. The topological polar surface area (TPSA) is 80.9 Å². The zero-order chi connectivity index (χ0) is 22.7. The molecule has 4 saturated carbocycles. The highest BCUT2D eigenvalue weighted by Gasteiger charge is 2.67. The zero-order valence-electron chi connectivity index (χ0n) is 20.5. The largest absolute Gasteiger partial charge is 0.396 e. The van der Waals surface area contributed by atoms with Crippen LogP contribution in [0.15, 0.2) is 0 Å². The van der Waals surface area contributed by atoms with Crippen molar-refractivity contribution in [2.75, 3.05) is 6.61 Å². The third-order valence-corrected chi connectivity index (χ3v) is 11.3. The standard InChI is InChI=1S/C27H48O4/c1-6-18-21-12-17(29)9-10-26(21,4)22-13-23(30)27(5)19(16(3)11-15(2)14-28)7-8-20(27)24(22)25(18)31/h15-25,28-31H,6-14H2,1-5H3/t15-,16+,17+,18+,19+,20?,21-,22?,23-,24?,25?,26-,27+/m0/s1. The molecule has 0 aromatic rings. The Balaban J connectivity index is 1.67. The van der Waals surface area contributed by atoms with Gasteiger partial charge in [-0.1, -0.05) is 41.0 Å². The Labute approximate surface area is 189 Å². The lowest BCUT2D eigenvalue weighted by Crippen LogP contribution is -2.65. The summed E-state index contributed by atoms with van der Waals surface area (Å²) in [4.78, 5) is 0. The molecular formula is C27H48O4. The molecule has 0 amide bonds. The van der Waals surface area contributed by atoms with E-state index in [4.69, 9.17) is 0 Å². The molecule has 4 unspecified atom stereocenters. The summed E-state index contributed by atoms with van der Waals surface area (Å²) < 4.78 is 0. The number of aliphatic hydroxyl groups is 4. The number of rotatable bonds is 5. The first kappa shape index (κ1) is 24.0. The summed E-state index contributed by atoms with van der Waals surface area (Å²) in [5, 5.41) is 43.5. The van der Waals surface area contributed by atoms with Gasteiger partial charge in [-0.3, -0.25) is 0 Å². The Morgan fingerprint density at radius 2 is 1.65 bits per heavy atom. The number of hydrogen-bond donors (Lipinski definition) is 4. The quantitative estimate of drug-likeness (QED) is 0.520. The summed E-state index contributed by atoms with van der Waals surface area (Å²) in [5.74, 6) is 2.81. The monoisotopic (exact) mass is 436 g/mol. The van der Waals surface area contributed by atoms with Gasteiger partial charge in [0, 0.05) is 6.61 Å². The zero-order valence-corrected chi connectivity index (χ0v) is 20.5. The molecule has 180 valence electrons. The van der Waals surface area contributed by atoms with Gasteiger partial charge in [-0.25, -0.2) is 0 Å². The SMILES string of the molecule is CC[C@H]1C(O)C2C3CC[C@H]([C@H](C)C[C@H](C)CO)[C@@]3(C)[C@@H](O)CC2[C@@]2(C)CC[C@@H](O)C[C@@H]12. The first-order valence-electron chi connectivity index (χ1n) is 13.2. The van der Waals surface area contributed by atoms with E-state index >= 15 is 0 Å². The molecule has 0 heterocycles. The minimum Gasteiger partial charge on any atom is -0.396 e. The maximum absolute atomic E-state index is 11.8. The molecule has 4 fully saturated rings. The van der Waals surface area contributed by atoms with Crippen LogP contribution >= 0.6 is 0 Å². The molecule has 4 aliphatic rings. The maximum atomic E-state index is 11.8. The number of hydrogen-bond acceptors (Lipinski definition) is 4. The van der Waals surface area contributed by atoms with E-state index in [1.165, 1.54) is 0 Å². The lowest BCUT2D eigenvalue weighted by atomic mass is 9.41. The lowest BCUT2D eigenvalue weighted by molar-refractivity contribution is -0.228. The fourth-order valence-corrected chi connectivity index (χ4v) is 9.76. The minimum atomic E-state index is -0.326. The second-order valence-electron chi connectivity index (χ2n) is 12.7. The van der Waals surface area contributed by atoms with Crippen molar-refractivity contribution < 1.29 is 20.4 Å². The van der Waals surface area contributed by atoms with E-state index in [2.05, 4.69) is 34.6 Å². The van der Waals surface area contributed by atoms with Gasteiger partial charge < -0.3 is 20.4 Å². The molecule has 4 rings (SSSR count). The van der Waals surface area contributed by atoms with Gasteiger partial charge in [-0.05, 0) is 103 Å². The van der Waals surface area contributed by atoms with Gasteiger partial charge >= 0.3 is 0 Å². The second-order valence-corrected chi connectivity index (χ2v) is 12.7. The van der Waals surface area contributed by atoms with E-state index in [9.17, 15) is 20.4 Å². The molecule has 0 aromatic heterocycles. The Kier molecular flexibility index (Phi) is 6.62. The van der Waals surface area contributed by atoms with E-state index < -0.39 is 0 Å². The molecule has 4 N–H and O–H groups in total. The lowest BCUT2D eigenvalue weighted by Gasteiger charge is -2.65. The Morgan fingerprint density at radius 1 is 0.935 bits per heavy atom. The molecule has 0 bridgehead atoms. The van der Waals surface area contributed by atoms with E-state index in [0.717, 1.165) is 51.4 Å².